The van der Waals surface area contributed by atoms with E-state index in [0.29, 0.717) is 49.3 Å². The van der Waals surface area contributed by atoms with Crippen molar-refractivity contribution >= 4 is 62.9 Å². The van der Waals surface area contributed by atoms with Crippen LogP contribution in [-0.2, 0) is 15.3 Å². The third-order valence-corrected chi connectivity index (χ3v) is 10.0. The highest BCUT2D eigenvalue weighted by atomic mass is 35.5. The van der Waals surface area contributed by atoms with Gasteiger partial charge in [-0.15, -0.1) is 10.2 Å². The fourth-order valence-corrected chi connectivity index (χ4v) is 7.31. The van der Waals surface area contributed by atoms with Crippen LogP contribution in [0.15, 0.2) is 64.6 Å². The average molecular weight is 678 g/mol. The van der Waals surface area contributed by atoms with Crippen LogP contribution in [0.3, 0.4) is 0 Å². The molecule has 6 rings (SSSR count). The number of imidazole rings is 1. The lowest BCUT2D eigenvalue weighted by Gasteiger charge is -2.24. The van der Waals surface area contributed by atoms with Crippen molar-refractivity contribution < 1.29 is 28.9 Å². The summed E-state index contributed by atoms with van der Waals surface area (Å²) in [7, 11) is 4.41. The topological polar surface area (TPSA) is 128 Å². The van der Waals surface area contributed by atoms with E-state index in [4.69, 9.17) is 25.8 Å². The molecule has 0 aliphatic carbocycles. The maximum absolute atomic E-state index is 13.9. The van der Waals surface area contributed by atoms with Crippen molar-refractivity contribution in [2.24, 2.45) is 0 Å². The summed E-state index contributed by atoms with van der Waals surface area (Å²) in [5.74, 6) is -0.653. The monoisotopic (exact) mass is 677 g/mol. The van der Waals surface area contributed by atoms with Gasteiger partial charge in [0.25, 0.3) is 5.78 Å². The largest absolute Gasteiger partial charge is 0.505 e. The van der Waals surface area contributed by atoms with Crippen LogP contribution in [-0.4, -0.2) is 57.7 Å². The number of halogens is 1. The molecule has 1 saturated heterocycles. The number of thioether (sulfide) groups is 1. The first-order chi connectivity index (χ1) is 22.2. The molecule has 11 nitrogen and oxygen atoms in total. The zero-order valence-corrected chi connectivity index (χ0v) is 27.8. The summed E-state index contributed by atoms with van der Waals surface area (Å²) < 4.78 is 19.1. The van der Waals surface area contributed by atoms with Crippen molar-refractivity contribution in [3.05, 3.63) is 93.4 Å². The van der Waals surface area contributed by atoms with Crippen LogP contribution in [0.25, 0.3) is 11.4 Å². The number of nitrogens with zero attached hydrogens (tertiary/aromatic N) is 5. The first-order valence-electron chi connectivity index (χ1n) is 13.9. The highest BCUT2D eigenvalue weighted by Gasteiger charge is 2.49. The van der Waals surface area contributed by atoms with Crippen LogP contribution >= 0.6 is 34.7 Å². The fourth-order valence-electron chi connectivity index (χ4n) is 5.36. The molecular formula is C32H28ClN5O6S2. The molecular weight excluding hydrogens is 650 g/mol. The van der Waals surface area contributed by atoms with Crippen molar-refractivity contribution in [2.45, 2.75) is 30.0 Å². The SMILES string of the molecule is COc1cc(C2C(=C(O)c3nc4c(C)cccn4c3C)C(=O)C(=O)N2c2nnc(SCc3ccc(Cl)cc3)s2)cc(OC)c1OC. The Morgan fingerprint density at radius 3 is 2.35 bits per heavy atom. The number of ketones is 1. The molecule has 2 aromatic carbocycles. The van der Waals surface area contributed by atoms with Gasteiger partial charge in [-0.1, -0.05) is 52.9 Å². The number of ether oxygens (including phenoxy) is 3. The summed E-state index contributed by atoms with van der Waals surface area (Å²) in [4.78, 5) is 33.6. The quantitative estimate of drug-likeness (QED) is 0.0615. The minimum atomic E-state index is -1.12. The van der Waals surface area contributed by atoms with Gasteiger partial charge in [-0.05, 0) is 60.9 Å². The minimum absolute atomic E-state index is 0.158. The lowest BCUT2D eigenvalue weighted by Crippen LogP contribution is -2.29. The number of pyridine rings is 1. The van der Waals surface area contributed by atoms with Gasteiger partial charge in [0.05, 0.1) is 38.6 Å². The van der Waals surface area contributed by atoms with Gasteiger partial charge in [0.15, 0.2) is 21.6 Å². The lowest BCUT2D eigenvalue weighted by molar-refractivity contribution is -0.132. The van der Waals surface area contributed by atoms with Crippen molar-refractivity contribution in [3.8, 4) is 17.2 Å². The van der Waals surface area contributed by atoms with E-state index in [2.05, 4.69) is 15.2 Å². The van der Waals surface area contributed by atoms with Crippen LogP contribution in [0, 0.1) is 13.8 Å². The Hall–Kier alpha value is -4.59. The maximum Gasteiger partial charge on any atom is 0.301 e. The van der Waals surface area contributed by atoms with Crippen LogP contribution in [0.2, 0.25) is 5.02 Å². The Morgan fingerprint density at radius 1 is 1.02 bits per heavy atom. The Balaban J connectivity index is 1.50. The summed E-state index contributed by atoms with van der Waals surface area (Å²) in [5, 5.41) is 21.3. The van der Waals surface area contributed by atoms with E-state index in [1.807, 2.05) is 53.9 Å². The Bertz CT molecular complexity index is 2000. The molecule has 3 aromatic heterocycles. The van der Waals surface area contributed by atoms with E-state index in [9.17, 15) is 14.7 Å². The molecule has 0 bridgehead atoms. The second kappa shape index (κ2) is 12.7. The number of Topliss-reactive ketones (excluding diaryl/α,β-unsaturated/α-hetero) is 1. The molecule has 1 amide bonds. The van der Waals surface area contributed by atoms with Crippen LogP contribution in [0.1, 0.15) is 34.1 Å². The number of anilines is 1. The highest BCUT2D eigenvalue weighted by Crippen LogP contribution is 2.48. The molecule has 4 heterocycles. The number of aliphatic hydroxyl groups is 1. The number of aliphatic hydroxyl groups excluding tert-OH is 1. The summed E-state index contributed by atoms with van der Waals surface area (Å²) in [6.07, 6.45) is 1.82. The molecule has 236 valence electrons. The van der Waals surface area contributed by atoms with Crippen LogP contribution < -0.4 is 19.1 Å². The van der Waals surface area contributed by atoms with Crippen molar-refractivity contribution in [1.82, 2.24) is 19.6 Å². The number of fused-ring (bicyclic) bond motifs is 1. The van der Waals surface area contributed by atoms with Gasteiger partial charge in [0.1, 0.15) is 11.3 Å². The molecule has 0 radical (unpaired) electrons. The lowest BCUT2D eigenvalue weighted by atomic mass is 9.95. The van der Waals surface area contributed by atoms with Gasteiger partial charge >= 0.3 is 5.91 Å². The van der Waals surface area contributed by atoms with Gasteiger partial charge in [-0.3, -0.25) is 14.5 Å². The molecule has 14 heteroatoms. The van der Waals surface area contributed by atoms with Gasteiger partial charge in [-0.2, -0.15) is 0 Å². The predicted octanol–water partition coefficient (Wildman–Crippen LogP) is 6.40. The second-order valence-electron chi connectivity index (χ2n) is 10.3. The summed E-state index contributed by atoms with van der Waals surface area (Å²) in [6.45, 7) is 3.69. The first kappa shape index (κ1) is 31.4. The number of rotatable bonds is 9. The molecule has 0 spiro atoms. The minimum Gasteiger partial charge on any atom is -0.505 e. The van der Waals surface area contributed by atoms with Crippen molar-refractivity contribution in [1.29, 1.82) is 0 Å². The van der Waals surface area contributed by atoms with Gasteiger partial charge < -0.3 is 23.7 Å². The Labute approximate surface area is 277 Å². The van der Waals surface area contributed by atoms with E-state index >= 15 is 0 Å². The number of aryl methyl sites for hydroxylation is 2. The molecule has 1 aliphatic rings. The number of carbonyl (C=O) groups is 2. The summed E-state index contributed by atoms with van der Waals surface area (Å²) in [5.41, 5.74) is 3.56. The summed E-state index contributed by atoms with van der Waals surface area (Å²) in [6, 6.07) is 13.4. The number of carbonyl (C=O) groups excluding carboxylic acids is 2. The van der Waals surface area contributed by atoms with Gasteiger partial charge in [-0.25, -0.2) is 4.98 Å². The average Bonchev–Trinajstić information content (AvgIpc) is 3.74. The smallest absolute Gasteiger partial charge is 0.301 e. The summed E-state index contributed by atoms with van der Waals surface area (Å²) >= 11 is 8.61. The standard InChI is InChI=1S/C32H28ClN5O6S2/c1-16-7-6-12-37-17(2)24(34-29(16)37)26(39)23-25(19-13-21(42-3)28(44-5)22(14-19)43-4)38(30(41)27(23)40)31-35-36-32(46-31)45-15-18-8-10-20(33)11-9-18/h6-14,25,39H,15H2,1-5H3. The second-order valence-corrected chi connectivity index (χ2v) is 12.9. The van der Waals surface area contributed by atoms with Gasteiger partial charge in [0, 0.05) is 17.0 Å². The molecule has 1 fully saturated rings. The van der Waals surface area contributed by atoms with E-state index in [0.717, 1.165) is 22.5 Å². The zero-order chi connectivity index (χ0) is 32.7. The molecule has 5 aromatic rings. The molecule has 1 atom stereocenters. The van der Waals surface area contributed by atoms with Crippen LogP contribution in [0.5, 0.6) is 17.2 Å². The van der Waals surface area contributed by atoms with E-state index < -0.39 is 23.5 Å². The number of benzene rings is 2. The number of aromatic nitrogens is 4. The number of hydrogen-bond acceptors (Lipinski definition) is 11. The fraction of sp³-hybridized carbons (Fsp3) is 0.219. The number of amides is 1. The van der Waals surface area contributed by atoms with Crippen LogP contribution in [0.4, 0.5) is 5.13 Å². The predicted molar refractivity (Wildman–Crippen MR) is 176 cm³/mol. The number of hydrogen-bond donors (Lipinski definition) is 1. The molecule has 1 unspecified atom stereocenters. The highest BCUT2D eigenvalue weighted by molar-refractivity contribution is 8.00. The molecule has 0 saturated carbocycles. The maximum atomic E-state index is 13.9. The third-order valence-electron chi connectivity index (χ3n) is 7.63. The Morgan fingerprint density at radius 2 is 1.72 bits per heavy atom. The van der Waals surface area contributed by atoms with E-state index in [-0.39, 0.29) is 16.4 Å². The van der Waals surface area contributed by atoms with Crippen molar-refractivity contribution in [2.75, 3.05) is 26.2 Å². The first-order valence-corrected chi connectivity index (χ1v) is 16.1. The molecule has 46 heavy (non-hydrogen) atoms. The van der Waals surface area contributed by atoms with E-state index in [1.54, 1.807) is 19.1 Å². The molecule has 1 N–H and O–H groups in total. The normalized spacial score (nSPS) is 16.0. The zero-order valence-electron chi connectivity index (χ0n) is 25.4. The third kappa shape index (κ3) is 5.44. The number of methoxy groups -OCH3 is 3. The van der Waals surface area contributed by atoms with E-state index in [1.165, 1.54) is 38.0 Å². The molecule has 1 aliphatic heterocycles. The van der Waals surface area contributed by atoms with Crippen molar-refractivity contribution in [3.63, 3.8) is 0 Å². The Kier molecular flexibility index (Phi) is 8.64. The van der Waals surface area contributed by atoms with Gasteiger partial charge in [0.2, 0.25) is 10.9 Å².